The van der Waals surface area contributed by atoms with Gasteiger partial charge in [0.15, 0.2) is 11.6 Å². The third-order valence-electron chi connectivity index (χ3n) is 8.01. The van der Waals surface area contributed by atoms with Crippen LogP contribution in [-0.4, -0.2) is 6.61 Å². The van der Waals surface area contributed by atoms with E-state index < -0.39 is 11.6 Å². The van der Waals surface area contributed by atoms with Gasteiger partial charge < -0.3 is 4.74 Å². The molecule has 1 fully saturated rings. The van der Waals surface area contributed by atoms with Crippen molar-refractivity contribution >= 4 is 0 Å². The van der Waals surface area contributed by atoms with E-state index in [2.05, 4.69) is 26.0 Å². The minimum atomic E-state index is -0.958. The SMILES string of the molecule is CC=CC1CCC(c2ccc(-c3ccc(-c4ccc(OCCCCCCCC)c(F)c4F)cc3)cc2F)CC1. The largest absolute Gasteiger partial charge is 0.490 e. The van der Waals surface area contributed by atoms with Gasteiger partial charge in [-0.1, -0.05) is 87.6 Å². The van der Waals surface area contributed by atoms with E-state index >= 15 is 4.39 Å². The number of unbranched alkanes of at least 4 members (excludes halogenated alkanes) is 5. The van der Waals surface area contributed by atoms with Crippen molar-refractivity contribution < 1.29 is 17.9 Å². The molecule has 39 heavy (non-hydrogen) atoms. The van der Waals surface area contributed by atoms with Gasteiger partial charge in [-0.15, -0.1) is 0 Å². The van der Waals surface area contributed by atoms with Crippen LogP contribution >= 0.6 is 0 Å². The van der Waals surface area contributed by atoms with E-state index in [0.29, 0.717) is 18.1 Å². The van der Waals surface area contributed by atoms with Crippen LogP contribution in [0.1, 0.15) is 89.5 Å². The van der Waals surface area contributed by atoms with Crippen molar-refractivity contribution in [1.82, 2.24) is 0 Å². The van der Waals surface area contributed by atoms with Crippen LogP contribution in [0.2, 0.25) is 0 Å². The van der Waals surface area contributed by atoms with Crippen LogP contribution in [0, 0.1) is 23.4 Å². The lowest BCUT2D eigenvalue weighted by molar-refractivity contribution is 0.285. The molecule has 208 valence electrons. The first-order chi connectivity index (χ1) is 19.0. The monoisotopic (exact) mass is 534 g/mol. The zero-order valence-corrected chi connectivity index (χ0v) is 23.3. The standard InChI is InChI=1S/C35H41F3O/c1-3-5-6-7-8-9-23-39-33-22-21-31(34(37)35(33)38)28-17-15-26(16-18-28)29-19-20-30(32(36)24-29)27-13-11-25(10-4-2)12-14-27/h4,10,15-22,24-25,27H,3,5-9,11-14,23H2,1-2H3. The summed E-state index contributed by atoms with van der Waals surface area (Å²) in [4.78, 5) is 0. The molecule has 0 aromatic heterocycles. The Bertz CT molecular complexity index is 1220. The lowest BCUT2D eigenvalue weighted by Gasteiger charge is -2.27. The third kappa shape index (κ3) is 7.56. The number of halogens is 3. The van der Waals surface area contributed by atoms with Crippen molar-refractivity contribution in [3.8, 4) is 28.0 Å². The summed E-state index contributed by atoms with van der Waals surface area (Å²) in [6, 6.07) is 15.7. The molecule has 0 amide bonds. The fourth-order valence-electron chi connectivity index (χ4n) is 5.71. The van der Waals surface area contributed by atoms with Crippen LogP contribution in [0.15, 0.2) is 66.7 Å². The highest BCUT2D eigenvalue weighted by atomic mass is 19.2. The summed E-state index contributed by atoms with van der Waals surface area (Å²) in [5.74, 6) is -1.22. The smallest absolute Gasteiger partial charge is 0.201 e. The number of hydrogen-bond acceptors (Lipinski definition) is 1. The van der Waals surface area contributed by atoms with Crippen molar-refractivity contribution in [2.45, 2.75) is 84.0 Å². The molecule has 1 nitrogen and oxygen atoms in total. The van der Waals surface area contributed by atoms with Crippen LogP contribution in [0.25, 0.3) is 22.3 Å². The van der Waals surface area contributed by atoms with Crippen molar-refractivity contribution in [2.24, 2.45) is 5.92 Å². The second kappa shape index (κ2) is 14.4. The summed E-state index contributed by atoms with van der Waals surface area (Å²) in [6.07, 6.45) is 15.2. The predicted molar refractivity (Wildman–Crippen MR) is 156 cm³/mol. The summed E-state index contributed by atoms with van der Waals surface area (Å²) in [5.41, 5.74) is 3.15. The van der Waals surface area contributed by atoms with Gasteiger partial charge in [-0.2, -0.15) is 4.39 Å². The highest BCUT2D eigenvalue weighted by molar-refractivity contribution is 5.71. The molecule has 3 aromatic rings. The molecule has 4 heteroatoms. The van der Waals surface area contributed by atoms with Gasteiger partial charge in [-0.05, 0) is 91.3 Å². The maximum absolute atomic E-state index is 15.1. The molecule has 3 aromatic carbocycles. The maximum Gasteiger partial charge on any atom is 0.201 e. The molecule has 0 spiro atoms. The Morgan fingerprint density at radius 2 is 1.41 bits per heavy atom. The van der Waals surface area contributed by atoms with Crippen LogP contribution in [0.5, 0.6) is 5.75 Å². The third-order valence-corrected chi connectivity index (χ3v) is 8.01. The fourth-order valence-corrected chi connectivity index (χ4v) is 5.71. The lowest BCUT2D eigenvalue weighted by atomic mass is 9.78. The van der Waals surface area contributed by atoms with E-state index in [1.54, 1.807) is 24.3 Å². The van der Waals surface area contributed by atoms with Crippen LogP contribution in [0.4, 0.5) is 13.2 Å². The molecule has 0 N–H and O–H groups in total. The van der Waals surface area contributed by atoms with E-state index in [0.717, 1.165) is 61.6 Å². The molecule has 4 rings (SSSR count). The van der Waals surface area contributed by atoms with Crippen molar-refractivity contribution in [3.63, 3.8) is 0 Å². The molecule has 0 unspecified atom stereocenters. The van der Waals surface area contributed by atoms with Gasteiger partial charge in [0.2, 0.25) is 5.82 Å². The predicted octanol–water partition coefficient (Wildman–Crippen LogP) is 11.0. The Kier molecular flexibility index (Phi) is 10.7. The van der Waals surface area contributed by atoms with E-state index in [-0.39, 0.29) is 23.0 Å². The van der Waals surface area contributed by atoms with Crippen LogP contribution < -0.4 is 4.74 Å². The van der Waals surface area contributed by atoms with Gasteiger partial charge in [-0.25, -0.2) is 8.78 Å². The Morgan fingerprint density at radius 1 is 0.744 bits per heavy atom. The summed E-state index contributed by atoms with van der Waals surface area (Å²) in [7, 11) is 0. The molecule has 1 aliphatic carbocycles. The normalized spacial score (nSPS) is 17.6. The molecule has 1 saturated carbocycles. The van der Waals surface area contributed by atoms with E-state index in [1.165, 1.54) is 25.3 Å². The number of hydrogen-bond donors (Lipinski definition) is 0. The van der Waals surface area contributed by atoms with Crippen LogP contribution in [0.3, 0.4) is 0 Å². The minimum Gasteiger partial charge on any atom is -0.490 e. The first-order valence-corrected chi connectivity index (χ1v) is 14.7. The maximum atomic E-state index is 15.1. The van der Waals surface area contributed by atoms with Gasteiger partial charge in [-0.3, -0.25) is 0 Å². The molecule has 1 aliphatic rings. The number of ether oxygens (including phenoxy) is 1. The second-order valence-corrected chi connectivity index (χ2v) is 10.8. The Labute approximate surface area is 232 Å². The molecule has 0 heterocycles. The molecule has 0 bridgehead atoms. The summed E-state index contributed by atoms with van der Waals surface area (Å²) >= 11 is 0. The highest BCUT2D eigenvalue weighted by Crippen LogP contribution is 2.38. The van der Waals surface area contributed by atoms with E-state index in [4.69, 9.17) is 4.74 Å². The average Bonchev–Trinajstić information content (AvgIpc) is 2.95. The van der Waals surface area contributed by atoms with E-state index in [1.807, 2.05) is 24.3 Å². The first-order valence-electron chi connectivity index (χ1n) is 14.7. The Hall–Kier alpha value is -3.01. The summed E-state index contributed by atoms with van der Waals surface area (Å²) in [5, 5.41) is 0. The molecular weight excluding hydrogens is 493 g/mol. The van der Waals surface area contributed by atoms with Crippen LogP contribution in [-0.2, 0) is 0 Å². The lowest BCUT2D eigenvalue weighted by Crippen LogP contribution is -2.12. The van der Waals surface area contributed by atoms with Gasteiger partial charge in [0.05, 0.1) is 6.61 Å². The molecule has 0 aliphatic heterocycles. The van der Waals surface area contributed by atoms with Gasteiger partial charge >= 0.3 is 0 Å². The molecular formula is C35H41F3O. The zero-order chi connectivity index (χ0) is 27.6. The van der Waals surface area contributed by atoms with Gasteiger partial charge in [0, 0.05) is 5.56 Å². The summed E-state index contributed by atoms with van der Waals surface area (Å²) in [6.45, 7) is 4.61. The van der Waals surface area contributed by atoms with Gasteiger partial charge in [0.25, 0.3) is 0 Å². The number of allylic oxidation sites excluding steroid dienone is 2. The topological polar surface area (TPSA) is 9.23 Å². The van der Waals surface area contributed by atoms with Crippen molar-refractivity contribution in [1.29, 1.82) is 0 Å². The Balaban J connectivity index is 1.38. The quantitative estimate of drug-likeness (QED) is 0.166. The number of rotatable bonds is 12. The average molecular weight is 535 g/mol. The fraction of sp³-hybridized carbons (Fsp3) is 0.429. The minimum absolute atomic E-state index is 0.0488. The molecule has 0 radical (unpaired) electrons. The molecule has 0 atom stereocenters. The Morgan fingerprint density at radius 3 is 2.10 bits per heavy atom. The van der Waals surface area contributed by atoms with Crippen molar-refractivity contribution in [2.75, 3.05) is 6.61 Å². The van der Waals surface area contributed by atoms with E-state index in [9.17, 15) is 8.78 Å². The molecule has 0 saturated heterocycles. The van der Waals surface area contributed by atoms with Crippen molar-refractivity contribution in [3.05, 3.63) is 89.8 Å². The second-order valence-electron chi connectivity index (χ2n) is 10.8. The highest BCUT2D eigenvalue weighted by Gasteiger charge is 2.23. The first kappa shape index (κ1) is 29.0. The summed E-state index contributed by atoms with van der Waals surface area (Å²) < 4.78 is 50.3. The zero-order valence-electron chi connectivity index (χ0n) is 23.3. The van der Waals surface area contributed by atoms with Gasteiger partial charge in [0.1, 0.15) is 5.82 Å². The number of benzene rings is 3.